The highest BCUT2D eigenvalue weighted by Gasteiger charge is 2.44. The topological polar surface area (TPSA) is 73.6 Å². The van der Waals surface area contributed by atoms with Crippen molar-refractivity contribution >= 4 is 23.2 Å². The summed E-state index contributed by atoms with van der Waals surface area (Å²) in [6, 6.07) is 9.75. The summed E-state index contributed by atoms with van der Waals surface area (Å²) in [5.74, 6) is 0.895. The van der Waals surface area contributed by atoms with Crippen molar-refractivity contribution in [3.05, 3.63) is 51.2 Å². The third-order valence-electron chi connectivity index (χ3n) is 6.43. The minimum absolute atomic E-state index is 0.0473. The van der Waals surface area contributed by atoms with Crippen molar-refractivity contribution in [2.75, 3.05) is 6.54 Å². The Bertz CT molecular complexity index is 1030. The zero-order valence-electron chi connectivity index (χ0n) is 16.7. The maximum atomic E-state index is 13.1. The molecule has 2 aliphatic heterocycles. The number of benzene rings is 1. The van der Waals surface area contributed by atoms with Gasteiger partial charge in [0.05, 0.1) is 5.56 Å². The lowest BCUT2D eigenvalue weighted by Crippen LogP contribution is -2.63. The van der Waals surface area contributed by atoms with Crippen LogP contribution in [-0.4, -0.2) is 40.2 Å². The average Bonchev–Trinajstić information content (AvgIpc) is 3.45. The molecule has 2 aromatic rings. The van der Waals surface area contributed by atoms with Crippen molar-refractivity contribution in [3.8, 4) is 11.8 Å². The highest BCUT2D eigenvalue weighted by atomic mass is 32.1. The number of nitriles is 1. The van der Waals surface area contributed by atoms with Crippen LogP contribution in [0.3, 0.4) is 0 Å². The molecule has 2 fully saturated rings. The summed E-state index contributed by atoms with van der Waals surface area (Å²) in [5.41, 5.74) is 2.80. The van der Waals surface area contributed by atoms with Gasteiger partial charge in [0.15, 0.2) is 0 Å². The number of rotatable bonds is 4. The summed E-state index contributed by atoms with van der Waals surface area (Å²) in [7, 11) is 0. The number of nitrogens with zero attached hydrogens (tertiary/aromatic N) is 3. The van der Waals surface area contributed by atoms with Crippen LogP contribution in [0.5, 0.6) is 5.75 Å². The van der Waals surface area contributed by atoms with Gasteiger partial charge in [0.1, 0.15) is 31.0 Å². The Morgan fingerprint density at radius 2 is 1.93 bits per heavy atom. The van der Waals surface area contributed by atoms with E-state index in [1.807, 2.05) is 34.5 Å². The molecule has 5 rings (SSSR count). The highest BCUT2D eigenvalue weighted by Crippen LogP contribution is 2.33. The van der Waals surface area contributed by atoms with Gasteiger partial charge >= 0.3 is 0 Å². The molecule has 154 valence electrons. The van der Waals surface area contributed by atoms with Gasteiger partial charge in [-0.05, 0) is 42.2 Å². The molecule has 0 N–H and O–H groups in total. The number of carbonyl (C=O) groups excluding carboxylic acids is 2. The van der Waals surface area contributed by atoms with Crippen LogP contribution in [-0.2, 0) is 29.2 Å². The number of hydrogen-bond donors (Lipinski definition) is 0. The van der Waals surface area contributed by atoms with Crippen LogP contribution < -0.4 is 4.74 Å². The first-order valence-electron chi connectivity index (χ1n) is 10.4. The molecule has 1 aromatic heterocycles. The molecular weight excluding hydrogens is 398 g/mol. The van der Waals surface area contributed by atoms with Gasteiger partial charge < -0.3 is 14.5 Å². The van der Waals surface area contributed by atoms with E-state index in [0.29, 0.717) is 25.1 Å². The van der Waals surface area contributed by atoms with E-state index in [-0.39, 0.29) is 30.4 Å². The SMILES string of the molecule is N#Cc1csc(COc2ccc3c(c2)CN2C(=O)CN(C4CCCC4)C(=O)[C@H]2C3)c1. The average molecular weight is 422 g/mol. The van der Waals surface area contributed by atoms with Crippen LogP contribution in [0, 0.1) is 11.3 Å². The molecule has 0 radical (unpaired) electrons. The molecule has 0 spiro atoms. The predicted octanol–water partition coefficient (Wildman–Crippen LogP) is 3.24. The molecule has 6 nitrogen and oxygen atoms in total. The standard InChI is InChI=1S/C23H23N3O3S/c24-10-15-7-20(30-14-15)13-29-19-6-5-16-9-21-23(28)25(18-3-1-2-4-18)12-22(27)26(21)11-17(16)8-19/h5-8,14,18,21H,1-4,9,11-13H2/t21-/m1/s1. The van der Waals surface area contributed by atoms with Gasteiger partial charge in [-0.25, -0.2) is 0 Å². The molecular formula is C23H23N3O3S. The lowest BCUT2D eigenvalue weighted by Gasteiger charge is -2.45. The van der Waals surface area contributed by atoms with E-state index in [1.165, 1.54) is 11.3 Å². The second-order valence-electron chi connectivity index (χ2n) is 8.28. The van der Waals surface area contributed by atoms with Crippen LogP contribution >= 0.6 is 11.3 Å². The lowest BCUT2D eigenvalue weighted by molar-refractivity contribution is -0.159. The van der Waals surface area contributed by atoms with Crippen molar-refractivity contribution in [1.82, 2.24) is 9.80 Å². The van der Waals surface area contributed by atoms with E-state index in [2.05, 4.69) is 6.07 Å². The molecule has 0 unspecified atom stereocenters. The van der Waals surface area contributed by atoms with E-state index in [4.69, 9.17) is 10.00 Å². The number of ether oxygens (including phenoxy) is 1. The first kappa shape index (κ1) is 19.1. The molecule has 1 aliphatic carbocycles. The summed E-state index contributed by atoms with van der Waals surface area (Å²) in [4.78, 5) is 30.6. The zero-order chi connectivity index (χ0) is 20.7. The third-order valence-corrected chi connectivity index (χ3v) is 7.34. The van der Waals surface area contributed by atoms with Crippen molar-refractivity contribution in [3.63, 3.8) is 0 Å². The fourth-order valence-electron chi connectivity index (χ4n) is 4.83. The number of amides is 2. The third kappa shape index (κ3) is 3.46. The van der Waals surface area contributed by atoms with Gasteiger partial charge in [0.25, 0.3) is 0 Å². The summed E-state index contributed by atoms with van der Waals surface area (Å²) in [5, 5.41) is 10.8. The molecule has 3 aliphatic rings. The highest BCUT2D eigenvalue weighted by molar-refractivity contribution is 7.10. The number of carbonyl (C=O) groups is 2. The van der Waals surface area contributed by atoms with Crippen LogP contribution in [0.1, 0.15) is 47.3 Å². The summed E-state index contributed by atoms with van der Waals surface area (Å²) >= 11 is 1.51. The Morgan fingerprint density at radius 1 is 1.10 bits per heavy atom. The minimum atomic E-state index is -0.373. The van der Waals surface area contributed by atoms with E-state index in [9.17, 15) is 9.59 Å². The second kappa shape index (κ2) is 7.77. The molecule has 1 atom stereocenters. The zero-order valence-corrected chi connectivity index (χ0v) is 17.5. The van der Waals surface area contributed by atoms with Gasteiger partial charge in [-0.2, -0.15) is 5.26 Å². The molecule has 1 aromatic carbocycles. The predicted molar refractivity (Wildman–Crippen MR) is 112 cm³/mol. The first-order chi connectivity index (χ1) is 14.6. The van der Waals surface area contributed by atoms with Crippen LogP contribution in [0.4, 0.5) is 0 Å². The number of piperazine rings is 1. The summed E-state index contributed by atoms with van der Waals surface area (Å²) in [6.45, 7) is 1.08. The fourth-order valence-corrected chi connectivity index (χ4v) is 5.55. The molecule has 3 heterocycles. The largest absolute Gasteiger partial charge is 0.488 e. The maximum absolute atomic E-state index is 13.1. The van der Waals surface area contributed by atoms with Crippen molar-refractivity contribution < 1.29 is 14.3 Å². The van der Waals surface area contributed by atoms with E-state index in [1.54, 1.807) is 4.90 Å². The van der Waals surface area contributed by atoms with Crippen molar-refractivity contribution in [2.45, 2.75) is 57.3 Å². The summed E-state index contributed by atoms with van der Waals surface area (Å²) in [6.07, 6.45) is 4.89. The van der Waals surface area contributed by atoms with Crippen LogP contribution in [0.15, 0.2) is 29.6 Å². The van der Waals surface area contributed by atoms with Crippen molar-refractivity contribution in [1.29, 1.82) is 5.26 Å². The molecule has 7 heteroatoms. The van der Waals surface area contributed by atoms with Gasteiger partial charge in [-0.15, -0.1) is 11.3 Å². The summed E-state index contributed by atoms with van der Waals surface area (Å²) < 4.78 is 5.91. The number of thiophene rings is 1. The van der Waals surface area contributed by atoms with E-state index < -0.39 is 0 Å². The van der Waals surface area contributed by atoms with Crippen LogP contribution in [0.2, 0.25) is 0 Å². The molecule has 1 saturated carbocycles. The normalized spacial score (nSPS) is 21.4. The molecule has 30 heavy (non-hydrogen) atoms. The molecule has 0 bridgehead atoms. The number of hydrogen-bond acceptors (Lipinski definition) is 5. The quantitative estimate of drug-likeness (QED) is 0.760. The van der Waals surface area contributed by atoms with Gasteiger partial charge in [0, 0.05) is 29.3 Å². The monoisotopic (exact) mass is 421 g/mol. The molecule has 1 saturated heterocycles. The minimum Gasteiger partial charge on any atom is -0.488 e. The Hall–Kier alpha value is -2.85. The fraction of sp³-hybridized carbons (Fsp3) is 0.435. The van der Waals surface area contributed by atoms with Gasteiger partial charge in [0.2, 0.25) is 11.8 Å². The van der Waals surface area contributed by atoms with E-state index >= 15 is 0 Å². The first-order valence-corrected chi connectivity index (χ1v) is 11.3. The Balaban J connectivity index is 1.31. The Morgan fingerprint density at radius 3 is 2.70 bits per heavy atom. The maximum Gasteiger partial charge on any atom is 0.246 e. The van der Waals surface area contributed by atoms with E-state index in [0.717, 1.165) is 47.4 Å². The molecule has 2 amide bonds. The van der Waals surface area contributed by atoms with Crippen molar-refractivity contribution in [2.24, 2.45) is 0 Å². The Labute approximate surface area is 179 Å². The van der Waals surface area contributed by atoms with Gasteiger partial charge in [-0.1, -0.05) is 18.9 Å². The smallest absolute Gasteiger partial charge is 0.246 e. The number of fused-ring (bicyclic) bond motifs is 2. The lowest BCUT2D eigenvalue weighted by atomic mass is 9.91. The van der Waals surface area contributed by atoms with Gasteiger partial charge in [-0.3, -0.25) is 9.59 Å². The Kier molecular flexibility index (Phi) is 4.95. The van der Waals surface area contributed by atoms with Crippen LogP contribution in [0.25, 0.3) is 0 Å². The second-order valence-corrected chi connectivity index (χ2v) is 9.27.